The van der Waals surface area contributed by atoms with Crippen LogP contribution < -0.4 is 10.6 Å². The highest BCUT2D eigenvalue weighted by Crippen LogP contribution is 2.29. The molecule has 1 aromatic rings. The first-order chi connectivity index (χ1) is 9.29. The number of aliphatic carboxylic acids is 1. The van der Waals surface area contributed by atoms with Gasteiger partial charge < -0.3 is 15.7 Å². The summed E-state index contributed by atoms with van der Waals surface area (Å²) in [7, 11) is 0. The first-order valence-corrected chi connectivity index (χ1v) is 7.17. The number of carboxylic acids is 1. The number of thioether (sulfide) groups is 1. The second-order valence-electron chi connectivity index (χ2n) is 3.48. The van der Waals surface area contributed by atoms with Gasteiger partial charge in [-0.25, -0.2) is 9.59 Å². The van der Waals surface area contributed by atoms with Crippen molar-refractivity contribution >= 4 is 35.1 Å². The van der Waals surface area contributed by atoms with Crippen LogP contribution in [0.2, 0.25) is 0 Å². The average Bonchev–Trinajstić information content (AvgIpc) is 2.83. The Kier molecular flexibility index (Phi) is 6.14. The van der Waals surface area contributed by atoms with Crippen LogP contribution in [0.15, 0.2) is 17.5 Å². The quantitative estimate of drug-likeness (QED) is 0.701. The molecule has 112 valence electrons. The SMILES string of the molecule is O=C(NCCSC(F)(F)F)NC(C(=O)O)c1cccs1. The fourth-order valence-electron chi connectivity index (χ4n) is 1.22. The maximum atomic E-state index is 11.8. The summed E-state index contributed by atoms with van der Waals surface area (Å²) in [6.07, 6.45) is 0. The normalized spacial score (nSPS) is 12.8. The number of halogens is 3. The van der Waals surface area contributed by atoms with Gasteiger partial charge in [0.2, 0.25) is 0 Å². The highest BCUT2D eigenvalue weighted by atomic mass is 32.2. The van der Waals surface area contributed by atoms with Crippen LogP contribution in [0.1, 0.15) is 10.9 Å². The monoisotopic (exact) mass is 328 g/mol. The molecule has 10 heteroatoms. The number of urea groups is 1. The molecule has 0 saturated carbocycles. The maximum Gasteiger partial charge on any atom is 0.441 e. The molecule has 2 amide bonds. The molecule has 1 heterocycles. The Morgan fingerprint density at radius 2 is 2.15 bits per heavy atom. The van der Waals surface area contributed by atoms with E-state index >= 15 is 0 Å². The summed E-state index contributed by atoms with van der Waals surface area (Å²) >= 11 is 0.899. The molecule has 20 heavy (non-hydrogen) atoms. The zero-order chi connectivity index (χ0) is 15.2. The summed E-state index contributed by atoms with van der Waals surface area (Å²) in [5.41, 5.74) is -4.35. The minimum atomic E-state index is -4.35. The number of amides is 2. The van der Waals surface area contributed by atoms with E-state index in [2.05, 4.69) is 10.6 Å². The predicted molar refractivity (Wildman–Crippen MR) is 69.7 cm³/mol. The lowest BCUT2D eigenvalue weighted by molar-refractivity contribution is -0.139. The van der Waals surface area contributed by atoms with Gasteiger partial charge in [0.05, 0.1) is 0 Å². The van der Waals surface area contributed by atoms with Crippen molar-refractivity contribution in [2.75, 3.05) is 12.3 Å². The second-order valence-corrected chi connectivity index (χ2v) is 5.62. The van der Waals surface area contributed by atoms with Crippen LogP contribution in [0.5, 0.6) is 0 Å². The van der Waals surface area contributed by atoms with E-state index in [1.54, 1.807) is 17.5 Å². The first-order valence-electron chi connectivity index (χ1n) is 5.31. The zero-order valence-electron chi connectivity index (χ0n) is 9.94. The van der Waals surface area contributed by atoms with E-state index in [0.717, 1.165) is 11.3 Å². The molecule has 0 fully saturated rings. The third kappa shape index (κ3) is 6.15. The van der Waals surface area contributed by atoms with Crippen molar-refractivity contribution < 1.29 is 27.9 Å². The summed E-state index contributed by atoms with van der Waals surface area (Å²) in [6, 6.07) is 1.14. The van der Waals surface area contributed by atoms with Crippen molar-refractivity contribution in [3.05, 3.63) is 22.4 Å². The number of thiophene rings is 1. The lowest BCUT2D eigenvalue weighted by atomic mass is 10.2. The highest BCUT2D eigenvalue weighted by molar-refractivity contribution is 8.00. The summed E-state index contributed by atoms with van der Waals surface area (Å²) in [5.74, 6) is -1.58. The minimum Gasteiger partial charge on any atom is -0.479 e. The highest BCUT2D eigenvalue weighted by Gasteiger charge is 2.27. The Morgan fingerprint density at radius 1 is 1.45 bits per heavy atom. The molecular weight excluding hydrogens is 317 g/mol. The molecule has 0 aliphatic heterocycles. The topological polar surface area (TPSA) is 78.4 Å². The van der Waals surface area contributed by atoms with Crippen LogP contribution in [-0.2, 0) is 4.79 Å². The van der Waals surface area contributed by atoms with Crippen LogP contribution in [0.3, 0.4) is 0 Å². The van der Waals surface area contributed by atoms with Crippen LogP contribution in [0, 0.1) is 0 Å². The Labute approximate surface area is 120 Å². The van der Waals surface area contributed by atoms with Crippen molar-refractivity contribution in [1.29, 1.82) is 0 Å². The fraction of sp³-hybridized carbons (Fsp3) is 0.400. The fourth-order valence-corrected chi connectivity index (χ4v) is 2.43. The molecule has 0 aliphatic carbocycles. The number of hydrogen-bond donors (Lipinski definition) is 3. The molecule has 5 nitrogen and oxygen atoms in total. The lowest BCUT2D eigenvalue weighted by Crippen LogP contribution is -2.41. The third-order valence-corrected chi connectivity index (χ3v) is 3.68. The lowest BCUT2D eigenvalue weighted by Gasteiger charge is -2.14. The van der Waals surface area contributed by atoms with E-state index in [-0.39, 0.29) is 24.1 Å². The molecule has 0 saturated heterocycles. The van der Waals surface area contributed by atoms with Gasteiger partial charge in [0.15, 0.2) is 6.04 Å². The standard InChI is InChI=1S/C10H11F3N2O3S2/c11-10(12,13)20-5-3-14-9(18)15-7(8(16)17)6-2-1-4-19-6/h1-2,4,7H,3,5H2,(H,16,17)(H2,14,15,18). The smallest absolute Gasteiger partial charge is 0.441 e. The van der Waals surface area contributed by atoms with E-state index < -0.39 is 23.6 Å². The van der Waals surface area contributed by atoms with Gasteiger partial charge in [0, 0.05) is 17.2 Å². The van der Waals surface area contributed by atoms with Gasteiger partial charge in [-0.3, -0.25) is 0 Å². The van der Waals surface area contributed by atoms with Crippen LogP contribution in [0.25, 0.3) is 0 Å². The number of carbonyl (C=O) groups excluding carboxylic acids is 1. The average molecular weight is 328 g/mol. The number of rotatable bonds is 6. The molecule has 0 aromatic carbocycles. The van der Waals surface area contributed by atoms with Gasteiger partial charge in [0.1, 0.15) is 0 Å². The van der Waals surface area contributed by atoms with Crippen molar-refractivity contribution in [1.82, 2.24) is 10.6 Å². The number of nitrogens with one attached hydrogen (secondary N) is 2. The van der Waals surface area contributed by atoms with Gasteiger partial charge >= 0.3 is 17.5 Å². The minimum absolute atomic E-state index is 0.215. The van der Waals surface area contributed by atoms with Gasteiger partial charge in [0.25, 0.3) is 0 Å². The number of alkyl halides is 3. The molecule has 1 aromatic heterocycles. The van der Waals surface area contributed by atoms with Crippen molar-refractivity contribution in [3.8, 4) is 0 Å². The van der Waals surface area contributed by atoms with Crippen molar-refractivity contribution in [2.45, 2.75) is 11.6 Å². The van der Waals surface area contributed by atoms with Crippen LogP contribution in [-0.4, -0.2) is 34.9 Å². The molecule has 3 N–H and O–H groups in total. The Hall–Kier alpha value is -1.42. The van der Waals surface area contributed by atoms with Gasteiger partial charge in [-0.1, -0.05) is 6.07 Å². The summed E-state index contributed by atoms with van der Waals surface area (Å²) < 4.78 is 35.5. The second kappa shape index (κ2) is 7.39. The first kappa shape index (κ1) is 16.6. The molecule has 1 unspecified atom stereocenters. The number of carboxylic acid groups (broad SMARTS) is 1. The Balaban J connectivity index is 2.38. The molecule has 1 atom stereocenters. The summed E-state index contributed by atoms with van der Waals surface area (Å²) in [4.78, 5) is 22.8. The summed E-state index contributed by atoms with van der Waals surface area (Å²) in [6.45, 7) is -0.215. The Morgan fingerprint density at radius 3 is 2.65 bits per heavy atom. The van der Waals surface area contributed by atoms with E-state index in [4.69, 9.17) is 5.11 Å². The van der Waals surface area contributed by atoms with E-state index in [0.29, 0.717) is 4.88 Å². The van der Waals surface area contributed by atoms with Crippen LogP contribution in [0.4, 0.5) is 18.0 Å². The Bertz CT molecular complexity index is 451. The summed E-state index contributed by atoms with van der Waals surface area (Å²) in [5, 5.41) is 15.0. The van der Waals surface area contributed by atoms with Gasteiger partial charge in [-0.2, -0.15) is 13.2 Å². The van der Waals surface area contributed by atoms with E-state index in [1.165, 1.54) is 0 Å². The van der Waals surface area contributed by atoms with Gasteiger partial charge in [-0.15, -0.1) is 11.3 Å². The predicted octanol–water partition coefficient (Wildman–Crippen LogP) is 2.43. The molecule has 0 bridgehead atoms. The van der Waals surface area contributed by atoms with E-state index in [9.17, 15) is 22.8 Å². The van der Waals surface area contributed by atoms with Crippen LogP contribution >= 0.6 is 23.1 Å². The van der Waals surface area contributed by atoms with Crippen molar-refractivity contribution in [2.24, 2.45) is 0 Å². The molecule has 1 rings (SSSR count). The maximum absolute atomic E-state index is 11.8. The molecule has 0 spiro atoms. The molecule has 0 radical (unpaired) electrons. The molecular formula is C10H11F3N2O3S2. The zero-order valence-corrected chi connectivity index (χ0v) is 11.6. The largest absolute Gasteiger partial charge is 0.479 e. The number of hydrogen-bond acceptors (Lipinski definition) is 4. The third-order valence-electron chi connectivity index (χ3n) is 2.00. The molecule has 0 aliphatic rings. The van der Waals surface area contributed by atoms with E-state index in [1.807, 2.05) is 0 Å². The number of carbonyl (C=O) groups is 2. The van der Waals surface area contributed by atoms with Gasteiger partial charge in [-0.05, 0) is 23.2 Å². The van der Waals surface area contributed by atoms with Crippen molar-refractivity contribution in [3.63, 3.8) is 0 Å².